The van der Waals surface area contributed by atoms with Gasteiger partial charge in [-0.2, -0.15) is 11.8 Å². The first-order valence-corrected chi connectivity index (χ1v) is 7.14. The Balaban J connectivity index is 2.10. The first-order valence-electron chi connectivity index (χ1n) is 5.98. The highest BCUT2D eigenvalue weighted by Gasteiger charge is 2.20. The Morgan fingerprint density at radius 2 is 2.11 bits per heavy atom. The van der Waals surface area contributed by atoms with E-state index in [0.29, 0.717) is 11.7 Å². The van der Waals surface area contributed by atoms with Crippen LogP contribution in [0.15, 0.2) is 18.2 Å². The van der Waals surface area contributed by atoms with E-state index in [-0.39, 0.29) is 0 Å². The molecular weight excluding hydrogens is 260 g/mol. The smallest absolute Gasteiger partial charge is 0.213 e. The molecule has 0 atom stereocenters. The van der Waals surface area contributed by atoms with Crippen molar-refractivity contribution < 1.29 is 4.74 Å². The minimum absolute atomic E-state index is 0.571. The maximum atomic E-state index is 5.14. The van der Waals surface area contributed by atoms with Crippen molar-refractivity contribution in [1.29, 1.82) is 0 Å². The van der Waals surface area contributed by atoms with Gasteiger partial charge in [0.05, 0.1) is 12.8 Å². The van der Waals surface area contributed by atoms with Crippen LogP contribution in [0.4, 0.5) is 5.82 Å². The number of aromatic nitrogens is 3. The molecule has 98 valence electrons. The molecule has 0 aliphatic carbocycles. The number of ether oxygens (including phenoxy) is 1. The number of thioether (sulfide) groups is 1. The van der Waals surface area contributed by atoms with Gasteiger partial charge in [0.25, 0.3) is 0 Å². The first kappa shape index (κ1) is 12.2. The third-order valence-electron chi connectivity index (χ3n) is 2.98. The molecule has 0 fully saturated rings. The second-order valence-electron chi connectivity index (χ2n) is 4.13. The summed E-state index contributed by atoms with van der Waals surface area (Å²) >= 11 is 1.86. The fourth-order valence-corrected chi connectivity index (χ4v) is 3.07. The van der Waals surface area contributed by atoms with Gasteiger partial charge in [-0.15, -0.1) is 0 Å². The lowest BCUT2D eigenvalue weighted by atomic mass is 10.2. The molecule has 3 heterocycles. The van der Waals surface area contributed by atoms with E-state index >= 15 is 0 Å². The summed E-state index contributed by atoms with van der Waals surface area (Å²) in [6, 6.07) is 5.60. The van der Waals surface area contributed by atoms with Crippen LogP contribution in [0.25, 0.3) is 11.5 Å². The summed E-state index contributed by atoms with van der Waals surface area (Å²) < 4.78 is 5.14. The molecule has 0 bridgehead atoms. The van der Waals surface area contributed by atoms with Crippen molar-refractivity contribution in [3.05, 3.63) is 29.5 Å². The lowest BCUT2D eigenvalue weighted by Crippen LogP contribution is -2.04. The number of hydrogen-bond donors (Lipinski definition) is 1. The van der Waals surface area contributed by atoms with Gasteiger partial charge in [-0.25, -0.2) is 15.0 Å². The predicted octanol–water partition coefficient (Wildman–Crippen LogP) is 2.34. The molecule has 2 aromatic heterocycles. The van der Waals surface area contributed by atoms with Crippen molar-refractivity contribution in [1.82, 2.24) is 15.0 Å². The molecule has 6 heteroatoms. The van der Waals surface area contributed by atoms with E-state index < -0.39 is 0 Å². The summed E-state index contributed by atoms with van der Waals surface area (Å²) in [6.45, 7) is 0. The van der Waals surface area contributed by atoms with Gasteiger partial charge < -0.3 is 10.1 Å². The summed E-state index contributed by atoms with van der Waals surface area (Å²) in [5, 5.41) is 3.14. The second kappa shape index (κ2) is 5.05. The van der Waals surface area contributed by atoms with Crippen LogP contribution in [0.5, 0.6) is 5.88 Å². The van der Waals surface area contributed by atoms with Crippen molar-refractivity contribution in [3.63, 3.8) is 0 Å². The molecule has 1 aliphatic heterocycles. The minimum atomic E-state index is 0.571. The van der Waals surface area contributed by atoms with Crippen molar-refractivity contribution in [2.45, 2.75) is 11.5 Å². The fourth-order valence-electron chi connectivity index (χ4n) is 2.03. The molecule has 0 radical (unpaired) electrons. The summed E-state index contributed by atoms with van der Waals surface area (Å²) in [5.74, 6) is 4.02. The summed E-state index contributed by atoms with van der Waals surface area (Å²) in [6.07, 6.45) is 0. The topological polar surface area (TPSA) is 59.9 Å². The van der Waals surface area contributed by atoms with Gasteiger partial charge in [0.1, 0.15) is 11.5 Å². The lowest BCUT2D eigenvalue weighted by molar-refractivity contribution is 0.398. The number of nitrogens with one attached hydrogen (secondary N) is 1. The third-order valence-corrected chi connectivity index (χ3v) is 3.95. The van der Waals surface area contributed by atoms with Crippen LogP contribution in [0, 0.1) is 0 Å². The normalized spacial score (nSPS) is 13.2. The van der Waals surface area contributed by atoms with Crippen LogP contribution >= 0.6 is 11.8 Å². The predicted molar refractivity (Wildman–Crippen MR) is 76.4 cm³/mol. The van der Waals surface area contributed by atoms with Crippen LogP contribution in [0.2, 0.25) is 0 Å². The van der Waals surface area contributed by atoms with Crippen LogP contribution in [0.3, 0.4) is 0 Å². The minimum Gasteiger partial charge on any atom is -0.481 e. The zero-order valence-corrected chi connectivity index (χ0v) is 11.6. The van der Waals surface area contributed by atoms with E-state index in [1.807, 2.05) is 37.0 Å². The number of nitrogens with zero attached hydrogens (tertiary/aromatic N) is 3. The maximum absolute atomic E-state index is 5.14. The highest BCUT2D eigenvalue weighted by atomic mass is 32.2. The second-order valence-corrected chi connectivity index (χ2v) is 5.11. The van der Waals surface area contributed by atoms with Gasteiger partial charge in [0.15, 0.2) is 5.82 Å². The van der Waals surface area contributed by atoms with Crippen LogP contribution in [0.1, 0.15) is 11.3 Å². The molecule has 0 aromatic carbocycles. The maximum Gasteiger partial charge on any atom is 0.213 e. The number of pyridine rings is 1. The van der Waals surface area contributed by atoms with Gasteiger partial charge in [-0.05, 0) is 6.07 Å². The zero-order valence-electron chi connectivity index (χ0n) is 10.8. The number of rotatable bonds is 3. The Morgan fingerprint density at radius 1 is 1.21 bits per heavy atom. The molecule has 1 aliphatic rings. The molecule has 3 rings (SSSR count). The van der Waals surface area contributed by atoms with Crippen LogP contribution in [-0.2, 0) is 11.5 Å². The van der Waals surface area contributed by atoms with Crippen molar-refractivity contribution >= 4 is 17.6 Å². The number of hydrogen-bond acceptors (Lipinski definition) is 6. The largest absolute Gasteiger partial charge is 0.481 e. The van der Waals surface area contributed by atoms with Crippen molar-refractivity contribution in [2.24, 2.45) is 0 Å². The molecular formula is C13H14N4OS. The Hall–Kier alpha value is -1.82. The average molecular weight is 274 g/mol. The molecule has 2 aromatic rings. The fraction of sp³-hybridized carbons (Fsp3) is 0.308. The molecule has 0 saturated heterocycles. The van der Waals surface area contributed by atoms with Gasteiger partial charge in [-0.1, -0.05) is 6.07 Å². The molecule has 0 spiro atoms. The Kier molecular flexibility index (Phi) is 3.25. The molecule has 0 amide bonds. The Bertz CT molecular complexity index is 618. The van der Waals surface area contributed by atoms with Crippen molar-refractivity contribution in [2.75, 3.05) is 19.5 Å². The molecule has 19 heavy (non-hydrogen) atoms. The van der Waals surface area contributed by atoms with E-state index in [4.69, 9.17) is 4.74 Å². The summed E-state index contributed by atoms with van der Waals surface area (Å²) in [7, 11) is 3.49. The van der Waals surface area contributed by atoms with E-state index in [1.54, 1.807) is 7.11 Å². The van der Waals surface area contributed by atoms with E-state index in [1.165, 1.54) is 5.56 Å². The van der Waals surface area contributed by atoms with Gasteiger partial charge in [-0.3, -0.25) is 0 Å². The van der Waals surface area contributed by atoms with Crippen molar-refractivity contribution in [3.8, 4) is 17.4 Å². The summed E-state index contributed by atoms with van der Waals surface area (Å²) in [4.78, 5) is 13.6. The van der Waals surface area contributed by atoms with E-state index in [9.17, 15) is 0 Å². The lowest BCUT2D eigenvalue weighted by Gasteiger charge is -2.09. The Morgan fingerprint density at radius 3 is 2.89 bits per heavy atom. The van der Waals surface area contributed by atoms with E-state index in [2.05, 4.69) is 20.3 Å². The summed E-state index contributed by atoms with van der Waals surface area (Å²) in [5.41, 5.74) is 3.04. The molecule has 0 unspecified atom stereocenters. The highest BCUT2D eigenvalue weighted by Crippen LogP contribution is 2.34. The standard InChI is InChI=1S/C13H14N4OS/c1-14-12-8-6-19-7-10(8)16-13(17-12)9-4-3-5-11(15-9)18-2/h3-5H,6-7H2,1-2H3,(H,14,16,17). The average Bonchev–Trinajstić information content (AvgIpc) is 2.94. The number of anilines is 1. The third kappa shape index (κ3) is 2.23. The van der Waals surface area contributed by atoms with Crippen LogP contribution in [-0.4, -0.2) is 29.1 Å². The zero-order chi connectivity index (χ0) is 13.2. The van der Waals surface area contributed by atoms with Gasteiger partial charge >= 0.3 is 0 Å². The highest BCUT2D eigenvalue weighted by molar-refractivity contribution is 7.98. The Labute approximate surface area is 115 Å². The quantitative estimate of drug-likeness (QED) is 0.927. The SMILES string of the molecule is CNc1nc(-c2cccc(OC)n2)nc2c1CSC2. The molecule has 1 N–H and O–H groups in total. The monoisotopic (exact) mass is 274 g/mol. The number of methoxy groups -OCH3 is 1. The van der Waals surface area contributed by atoms with Crippen LogP contribution < -0.4 is 10.1 Å². The van der Waals surface area contributed by atoms with Gasteiger partial charge in [0.2, 0.25) is 5.88 Å². The first-order chi connectivity index (χ1) is 9.31. The molecule has 5 nitrogen and oxygen atoms in total. The molecule has 0 saturated carbocycles. The van der Waals surface area contributed by atoms with E-state index in [0.717, 1.165) is 28.7 Å². The number of fused-ring (bicyclic) bond motifs is 1. The van der Waals surface area contributed by atoms with Gasteiger partial charge in [0, 0.05) is 30.2 Å².